The Kier molecular flexibility index (Phi) is 5.22. The summed E-state index contributed by atoms with van der Waals surface area (Å²) in [6.07, 6.45) is 0. The van der Waals surface area contributed by atoms with Crippen LogP contribution in [0.2, 0.25) is 10.0 Å². The van der Waals surface area contributed by atoms with Gasteiger partial charge in [0.05, 0.1) is 17.3 Å². The first-order valence-electron chi connectivity index (χ1n) is 7.18. The van der Waals surface area contributed by atoms with Crippen molar-refractivity contribution in [3.8, 4) is 0 Å². The maximum absolute atomic E-state index is 12.4. The van der Waals surface area contributed by atoms with Crippen LogP contribution in [0.1, 0.15) is 10.4 Å². The van der Waals surface area contributed by atoms with Gasteiger partial charge in [0.2, 0.25) is 0 Å². The van der Waals surface area contributed by atoms with Crippen molar-refractivity contribution in [3.63, 3.8) is 0 Å². The number of hydrogen-bond donors (Lipinski definition) is 0. The predicted molar refractivity (Wildman–Crippen MR) is 98.2 cm³/mol. The minimum absolute atomic E-state index is 0.0558. The summed E-state index contributed by atoms with van der Waals surface area (Å²) in [5.41, 5.74) is 1.12. The van der Waals surface area contributed by atoms with Crippen LogP contribution in [0.15, 0.2) is 47.5 Å². The molecule has 0 unspecified atom stereocenters. The zero-order valence-corrected chi connectivity index (χ0v) is 15.4. The molecule has 1 amide bonds. The van der Waals surface area contributed by atoms with Crippen LogP contribution < -0.4 is 4.80 Å². The third kappa shape index (κ3) is 3.92. The molecule has 3 aromatic rings. The van der Waals surface area contributed by atoms with Gasteiger partial charge < -0.3 is 9.30 Å². The molecule has 0 spiro atoms. The second-order valence-electron chi connectivity index (χ2n) is 5.09. The van der Waals surface area contributed by atoms with Gasteiger partial charge in [-0.25, -0.2) is 0 Å². The Hall–Kier alpha value is -2.15. The summed E-state index contributed by atoms with van der Waals surface area (Å²) in [6.45, 7) is -0.0558. The van der Waals surface area contributed by atoms with Gasteiger partial charge in [0.15, 0.2) is 4.80 Å². The van der Waals surface area contributed by atoms with Crippen molar-refractivity contribution >= 4 is 56.6 Å². The molecule has 3 rings (SSSR count). The third-order valence-electron chi connectivity index (χ3n) is 3.43. The number of thiazole rings is 1. The fourth-order valence-electron chi connectivity index (χ4n) is 2.25. The molecule has 0 saturated heterocycles. The van der Waals surface area contributed by atoms with E-state index >= 15 is 0 Å². The van der Waals surface area contributed by atoms with Crippen molar-refractivity contribution in [1.82, 2.24) is 4.57 Å². The number of methoxy groups -OCH3 is 1. The monoisotopic (exact) mass is 394 g/mol. The largest absolute Gasteiger partial charge is 0.468 e. The van der Waals surface area contributed by atoms with Gasteiger partial charge in [-0.05, 0) is 36.4 Å². The van der Waals surface area contributed by atoms with Crippen LogP contribution in [0, 0.1) is 0 Å². The Morgan fingerprint density at radius 3 is 2.64 bits per heavy atom. The predicted octanol–water partition coefficient (Wildman–Crippen LogP) is 3.92. The van der Waals surface area contributed by atoms with E-state index in [0.717, 1.165) is 10.2 Å². The summed E-state index contributed by atoms with van der Waals surface area (Å²) in [6, 6.07) is 11.8. The molecule has 0 aliphatic rings. The summed E-state index contributed by atoms with van der Waals surface area (Å²) < 4.78 is 7.17. The topological polar surface area (TPSA) is 60.7 Å². The summed E-state index contributed by atoms with van der Waals surface area (Å²) in [5, 5.41) is 1.01. The number of aromatic nitrogens is 1. The van der Waals surface area contributed by atoms with Gasteiger partial charge in [0.25, 0.3) is 5.91 Å². The first-order chi connectivity index (χ1) is 12.0. The molecule has 0 aliphatic carbocycles. The number of rotatable bonds is 3. The van der Waals surface area contributed by atoms with E-state index in [1.165, 1.54) is 18.4 Å². The molecule has 1 heterocycles. The van der Waals surface area contributed by atoms with Crippen LogP contribution >= 0.6 is 34.5 Å². The van der Waals surface area contributed by atoms with E-state index < -0.39 is 11.9 Å². The lowest BCUT2D eigenvalue weighted by Crippen LogP contribution is -2.22. The van der Waals surface area contributed by atoms with Crippen molar-refractivity contribution in [2.45, 2.75) is 6.54 Å². The maximum Gasteiger partial charge on any atom is 0.325 e. The van der Waals surface area contributed by atoms with Crippen LogP contribution in [0.5, 0.6) is 0 Å². The van der Waals surface area contributed by atoms with Crippen molar-refractivity contribution < 1.29 is 14.3 Å². The molecule has 1 aromatic heterocycles. The Labute approximate surface area is 157 Å². The van der Waals surface area contributed by atoms with E-state index in [-0.39, 0.29) is 6.54 Å². The summed E-state index contributed by atoms with van der Waals surface area (Å²) in [4.78, 5) is 28.7. The van der Waals surface area contributed by atoms with Crippen molar-refractivity contribution in [2.75, 3.05) is 7.11 Å². The van der Waals surface area contributed by atoms with E-state index in [4.69, 9.17) is 27.9 Å². The highest BCUT2D eigenvalue weighted by Crippen LogP contribution is 2.22. The fourth-order valence-corrected chi connectivity index (χ4v) is 3.75. The molecular formula is C17H12Cl2N2O3S. The molecule has 0 bridgehead atoms. The quantitative estimate of drug-likeness (QED) is 0.632. The molecule has 0 radical (unpaired) electrons. The number of fused-ring (bicyclic) bond motifs is 1. The molecule has 25 heavy (non-hydrogen) atoms. The summed E-state index contributed by atoms with van der Waals surface area (Å²) >= 11 is 13.2. The molecule has 128 valence electrons. The fraction of sp³-hybridized carbons (Fsp3) is 0.118. The van der Waals surface area contributed by atoms with Crippen molar-refractivity contribution in [1.29, 1.82) is 0 Å². The van der Waals surface area contributed by atoms with Crippen molar-refractivity contribution in [3.05, 3.63) is 62.9 Å². The molecule has 0 fully saturated rings. The number of halogens is 2. The van der Waals surface area contributed by atoms with Crippen LogP contribution in [-0.4, -0.2) is 23.6 Å². The van der Waals surface area contributed by atoms with E-state index in [2.05, 4.69) is 4.99 Å². The number of ether oxygens (including phenoxy) is 1. The zero-order valence-electron chi connectivity index (χ0n) is 13.0. The zero-order chi connectivity index (χ0) is 18.0. The average Bonchev–Trinajstić information content (AvgIpc) is 2.91. The third-order valence-corrected chi connectivity index (χ3v) is 4.94. The van der Waals surface area contributed by atoms with Gasteiger partial charge in [0, 0.05) is 15.6 Å². The summed E-state index contributed by atoms with van der Waals surface area (Å²) in [7, 11) is 1.31. The Balaban J connectivity index is 2.15. The highest BCUT2D eigenvalue weighted by Gasteiger charge is 2.13. The van der Waals surface area contributed by atoms with E-state index in [0.29, 0.717) is 20.4 Å². The smallest absolute Gasteiger partial charge is 0.325 e. The highest BCUT2D eigenvalue weighted by molar-refractivity contribution is 7.16. The maximum atomic E-state index is 12.4. The number of esters is 1. The lowest BCUT2D eigenvalue weighted by molar-refractivity contribution is -0.141. The van der Waals surface area contributed by atoms with Crippen LogP contribution in [0.25, 0.3) is 10.2 Å². The lowest BCUT2D eigenvalue weighted by Gasteiger charge is -2.03. The second-order valence-corrected chi connectivity index (χ2v) is 6.97. The molecule has 5 nitrogen and oxygen atoms in total. The van der Waals surface area contributed by atoms with Gasteiger partial charge in [-0.2, -0.15) is 4.99 Å². The number of nitrogens with zero attached hydrogens (tertiary/aromatic N) is 2. The number of hydrogen-bond acceptors (Lipinski definition) is 4. The lowest BCUT2D eigenvalue weighted by atomic mass is 10.2. The van der Waals surface area contributed by atoms with Gasteiger partial charge in [0.1, 0.15) is 6.54 Å². The number of carbonyl (C=O) groups excluding carboxylic acids is 2. The molecule has 2 aromatic carbocycles. The molecule has 0 atom stereocenters. The molecule has 0 N–H and O–H groups in total. The number of carbonyl (C=O) groups is 2. The van der Waals surface area contributed by atoms with E-state index in [1.54, 1.807) is 47.0 Å². The van der Waals surface area contributed by atoms with Crippen LogP contribution in [0.4, 0.5) is 0 Å². The first kappa shape index (κ1) is 17.7. The normalized spacial score (nSPS) is 11.7. The minimum atomic E-state index is -0.446. The SMILES string of the molecule is COC(=O)Cn1c(=NC(=O)c2cccc(Cl)c2)sc2cc(Cl)ccc21. The van der Waals surface area contributed by atoms with Gasteiger partial charge in [-0.15, -0.1) is 0 Å². The van der Waals surface area contributed by atoms with Crippen LogP contribution in [0.3, 0.4) is 0 Å². The van der Waals surface area contributed by atoms with Crippen LogP contribution in [-0.2, 0) is 16.1 Å². The molecular weight excluding hydrogens is 383 g/mol. The molecule has 8 heteroatoms. The number of amides is 1. The van der Waals surface area contributed by atoms with E-state index in [1.807, 2.05) is 0 Å². The minimum Gasteiger partial charge on any atom is -0.468 e. The van der Waals surface area contributed by atoms with Crippen molar-refractivity contribution in [2.24, 2.45) is 4.99 Å². The standard InChI is InChI=1S/C17H12Cl2N2O3S/c1-24-15(22)9-21-13-6-5-12(19)8-14(13)25-17(21)20-16(23)10-3-2-4-11(18)7-10/h2-8H,9H2,1H3. The number of benzene rings is 2. The highest BCUT2D eigenvalue weighted by atomic mass is 35.5. The first-order valence-corrected chi connectivity index (χ1v) is 8.75. The van der Waals surface area contributed by atoms with Gasteiger partial charge in [-0.1, -0.05) is 40.6 Å². The Morgan fingerprint density at radius 1 is 1.16 bits per heavy atom. The van der Waals surface area contributed by atoms with E-state index in [9.17, 15) is 9.59 Å². The van der Waals surface area contributed by atoms with Gasteiger partial charge in [-0.3, -0.25) is 9.59 Å². The van der Waals surface area contributed by atoms with Gasteiger partial charge >= 0.3 is 5.97 Å². The summed E-state index contributed by atoms with van der Waals surface area (Å²) in [5.74, 6) is -0.884. The Bertz CT molecular complexity index is 1040. The Morgan fingerprint density at radius 2 is 1.92 bits per heavy atom. The molecule has 0 saturated carbocycles. The molecule has 0 aliphatic heterocycles. The second kappa shape index (κ2) is 7.39. The average molecular weight is 395 g/mol.